The first-order chi connectivity index (χ1) is 8.60. The SMILES string of the molecule is CSCCCCNC(=O)NC1(C(=O)O)CCCC1. The number of urea groups is 1. The van der Waals surface area contributed by atoms with Crippen molar-refractivity contribution in [3.63, 3.8) is 0 Å². The molecule has 0 radical (unpaired) electrons. The Balaban J connectivity index is 2.27. The second-order valence-corrected chi connectivity index (χ2v) is 5.66. The molecule has 0 atom stereocenters. The van der Waals surface area contributed by atoms with Crippen molar-refractivity contribution in [3.8, 4) is 0 Å². The van der Waals surface area contributed by atoms with Crippen LogP contribution in [0.4, 0.5) is 4.79 Å². The number of carbonyl (C=O) groups is 2. The minimum Gasteiger partial charge on any atom is -0.480 e. The number of aliphatic carboxylic acids is 1. The monoisotopic (exact) mass is 274 g/mol. The number of carbonyl (C=O) groups excluding carboxylic acids is 1. The van der Waals surface area contributed by atoms with Crippen LogP contribution in [-0.4, -0.2) is 41.2 Å². The van der Waals surface area contributed by atoms with Crippen LogP contribution in [0, 0.1) is 0 Å². The largest absolute Gasteiger partial charge is 0.480 e. The van der Waals surface area contributed by atoms with E-state index in [4.69, 9.17) is 0 Å². The molecule has 1 rings (SSSR count). The molecule has 5 nitrogen and oxygen atoms in total. The van der Waals surface area contributed by atoms with Crippen LogP contribution in [0.2, 0.25) is 0 Å². The zero-order valence-electron chi connectivity index (χ0n) is 10.8. The van der Waals surface area contributed by atoms with Crippen molar-refractivity contribution in [1.29, 1.82) is 0 Å². The fraction of sp³-hybridized carbons (Fsp3) is 0.833. The molecule has 1 aliphatic rings. The summed E-state index contributed by atoms with van der Waals surface area (Å²) in [5.41, 5.74) is -1.04. The van der Waals surface area contributed by atoms with Crippen molar-refractivity contribution in [2.75, 3.05) is 18.6 Å². The summed E-state index contributed by atoms with van der Waals surface area (Å²) in [6, 6.07) is -0.358. The minimum atomic E-state index is -1.04. The summed E-state index contributed by atoms with van der Waals surface area (Å²) in [6.07, 6.45) is 6.82. The maximum absolute atomic E-state index is 11.7. The Bertz CT molecular complexity index is 291. The molecule has 104 valence electrons. The molecule has 0 bridgehead atoms. The van der Waals surface area contributed by atoms with E-state index in [1.54, 1.807) is 11.8 Å². The van der Waals surface area contributed by atoms with E-state index in [9.17, 15) is 14.7 Å². The van der Waals surface area contributed by atoms with Crippen LogP contribution in [0.3, 0.4) is 0 Å². The summed E-state index contributed by atoms with van der Waals surface area (Å²) in [5, 5.41) is 14.6. The highest BCUT2D eigenvalue weighted by Gasteiger charge is 2.42. The van der Waals surface area contributed by atoms with E-state index in [-0.39, 0.29) is 6.03 Å². The minimum absolute atomic E-state index is 0.358. The molecule has 1 fully saturated rings. The van der Waals surface area contributed by atoms with E-state index in [2.05, 4.69) is 16.9 Å². The summed E-state index contributed by atoms with van der Waals surface area (Å²) in [6.45, 7) is 0.599. The first kappa shape index (κ1) is 15.1. The average molecular weight is 274 g/mol. The van der Waals surface area contributed by atoms with Gasteiger partial charge in [-0.2, -0.15) is 11.8 Å². The maximum atomic E-state index is 11.7. The summed E-state index contributed by atoms with van der Waals surface area (Å²) in [4.78, 5) is 22.9. The lowest BCUT2D eigenvalue weighted by Crippen LogP contribution is -2.55. The predicted molar refractivity (Wildman–Crippen MR) is 73.0 cm³/mol. The van der Waals surface area contributed by atoms with Crippen molar-refractivity contribution in [2.24, 2.45) is 0 Å². The molecule has 0 spiro atoms. The first-order valence-corrected chi connectivity index (χ1v) is 7.78. The molecule has 0 aromatic rings. The third-order valence-corrected chi connectivity index (χ3v) is 3.98. The van der Waals surface area contributed by atoms with Crippen molar-refractivity contribution in [3.05, 3.63) is 0 Å². The Labute approximate surface area is 112 Å². The van der Waals surface area contributed by atoms with Crippen molar-refractivity contribution < 1.29 is 14.7 Å². The van der Waals surface area contributed by atoms with Gasteiger partial charge in [-0.3, -0.25) is 0 Å². The van der Waals surface area contributed by atoms with Gasteiger partial charge in [0.25, 0.3) is 0 Å². The molecule has 1 saturated carbocycles. The fourth-order valence-electron chi connectivity index (χ4n) is 2.21. The third-order valence-electron chi connectivity index (χ3n) is 3.28. The van der Waals surface area contributed by atoms with Gasteiger partial charge in [-0.15, -0.1) is 0 Å². The number of nitrogens with one attached hydrogen (secondary N) is 2. The van der Waals surface area contributed by atoms with Gasteiger partial charge in [0.2, 0.25) is 0 Å². The number of unbranched alkanes of at least 4 members (excludes halogenated alkanes) is 1. The smallest absolute Gasteiger partial charge is 0.329 e. The molecule has 0 aromatic heterocycles. The summed E-state index contributed by atoms with van der Waals surface area (Å²) in [7, 11) is 0. The highest BCUT2D eigenvalue weighted by Crippen LogP contribution is 2.29. The third kappa shape index (κ3) is 4.40. The molecule has 0 saturated heterocycles. The van der Waals surface area contributed by atoms with Crippen molar-refractivity contribution >= 4 is 23.8 Å². The molecule has 0 aliphatic heterocycles. The molecular formula is C12H22N2O3S. The van der Waals surface area contributed by atoms with Gasteiger partial charge in [-0.25, -0.2) is 9.59 Å². The number of carboxylic acids is 1. The van der Waals surface area contributed by atoms with Crippen LogP contribution in [-0.2, 0) is 4.79 Å². The highest BCUT2D eigenvalue weighted by atomic mass is 32.2. The molecule has 1 aliphatic carbocycles. The molecule has 2 amide bonds. The number of hydrogen-bond donors (Lipinski definition) is 3. The van der Waals surface area contributed by atoms with Crippen molar-refractivity contribution in [2.45, 2.75) is 44.1 Å². The number of hydrogen-bond acceptors (Lipinski definition) is 3. The van der Waals surface area contributed by atoms with Crippen LogP contribution >= 0.6 is 11.8 Å². The van der Waals surface area contributed by atoms with Gasteiger partial charge >= 0.3 is 12.0 Å². The topological polar surface area (TPSA) is 78.4 Å². The molecule has 0 heterocycles. The average Bonchev–Trinajstić information content (AvgIpc) is 2.78. The molecule has 0 aromatic carbocycles. The van der Waals surface area contributed by atoms with Gasteiger partial charge in [0.15, 0.2) is 0 Å². The summed E-state index contributed by atoms with van der Waals surface area (Å²) >= 11 is 1.78. The van der Waals surface area contributed by atoms with Crippen LogP contribution in [0.15, 0.2) is 0 Å². The van der Waals surface area contributed by atoms with E-state index in [0.29, 0.717) is 19.4 Å². The maximum Gasteiger partial charge on any atom is 0.329 e. The van der Waals surface area contributed by atoms with E-state index < -0.39 is 11.5 Å². The van der Waals surface area contributed by atoms with Gasteiger partial charge in [0, 0.05) is 6.54 Å². The molecule has 6 heteroatoms. The zero-order valence-corrected chi connectivity index (χ0v) is 11.6. The molecule has 0 unspecified atom stereocenters. The first-order valence-electron chi connectivity index (χ1n) is 6.39. The zero-order chi connectivity index (χ0) is 13.4. The number of amides is 2. The van der Waals surface area contributed by atoms with E-state index >= 15 is 0 Å². The molecular weight excluding hydrogens is 252 g/mol. The quantitative estimate of drug-likeness (QED) is 0.619. The van der Waals surface area contributed by atoms with Crippen molar-refractivity contribution in [1.82, 2.24) is 10.6 Å². The van der Waals surface area contributed by atoms with Gasteiger partial charge in [-0.1, -0.05) is 12.8 Å². The number of rotatable bonds is 7. The van der Waals surface area contributed by atoms with E-state index in [1.807, 2.05) is 0 Å². The lowest BCUT2D eigenvalue weighted by Gasteiger charge is -2.25. The lowest BCUT2D eigenvalue weighted by atomic mass is 9.98. The number of carboxylic acid groups (broad SMARTS) is 1. The van der Waals surface area contributed by atoms with E-state index in [0.717, 1.165) is 31.4 Å². The van der Waals surface area contributed by atoms with Crippen LogP contribution < -0.4 is 10.6 Å². The Morgan fingerprint density at radius 2 is 1.94 bits per heavy atom. The van der Waals surface area contributed by atoms with Crippen LogP contribution in [0.1, 0.15) is 38.5 Å². The molecule has 18 heavy (non-hydrogen) atoms. The predicted octanol–water partition coefficient (Wildman–Crippen LogP) is 1.83. The second kappa shape index (κ2) is 7.51. The number of thioether (sulfide) groups is 1. The normalized spacial score (nSPS) is 17.4. The summed E-state index contributed by atoms with van der Waals surface area (Å²) in [5.74, 6) is 0.167. The Morgan fingerprint density at radius 3 is 2.50 bits per heavy atom. The van der Waals surface area contributed by atoms with E-state index in [1.165, 1.54) is 0 Å². The van der Waals surface area contributed by atoms with Gasteiger partial charge in [-0.05, 0) is 37.7 Å². The van der Waals surface area contributed by atoms with Gasteiger partial charge < -0.3 is 15.7 Å². The Hall–Kier alpha value is -0.910. The van der Waals surface area contributed by atoms with Crippen LogP contribution in [0.25, 0.3) is 0 Å². The van der Waals surface area contributed by atoms with Gasteiger partial charge in [0.05, 0.1) is 0 Å². The molecule has 3 N–H and O–H groups in total. The summed E-state index contributed by atoms with van der Waals surface area (Å²) < 4.78 is 0. The highest BCUT2D eigenvalue weighted by molar-refractivity contribution is 7.98. The second-order valence-electron chi connectivity index (χ2n) is 4.68. The van der Waals surface area contributed by atoms with Crippen LogP contribution in [0.5, 0.6) is 0 Å². The fourth-order valence-corrected chi connectivity index (χ4v) is 2.70. The lowest BCUT2D eigenvalue weighted by molar-refractivity contribution is -0.144. The van der Waals surface area contributed by atoms with Gasteiger partial charge in [0.1, 0.15) is 5.54 Å². The Morgan fingerprint density at radius 1 is 1.28 bits per heavy atom. The Kier molecular flexibility index (Phi) is 6.32. The standard InChI is InChI=1S/C12H22N2O3S/c1-18-9-5-4-8-13-11(17)14-12(10(15)16)6-2-3-7-12/h2-9H2,1H3,(H,15,16)(H2,13,14,17).